The van der Waals surface area contributed by atoms with E-state index in [1.54, 1.807) is 11.3 Å². The molecule has 27 heavy (non-hydrogen) atoms. The smallest absolute Gasteiger partial charge is 0.291 e. The van der Waals surface area contributed by atoms with Crippen molar-refractivity contribution >= 4 is 32.7 Å². The van der Waals surface area contributed by atoms with Crippen molar-refractivity contribution in [2.24, 2.45) is 10.9 Å². The fourth-order valence-electron chi connectivity index (χ4n) is 3.81. The highest BCUT2D eigenvalue weighted by molar-refractivity contribution is 7.22. The molecule has 1 aromatic carbocycles. The Morgan fingerprint density at radius 2 is 2.11 bits per heavy atom. The van der Waals surface area contributed by atoms with Crippen molar-refractivity contribution in [2.45, 2.75) is 45.3 Å². The normalized spacial score (nSPS) is 24.3. The maximum Gasteiger partial charge on any atom is 0.291 e. The number of nitrogens with zero attached hydrogens (tertiary/aromatic N) is 3. The van der Waals surface area contributed by atoms with Gasteiger partial charge in [-0.05, 0) is 71.9 Å². The van der Waals surface area contributed by atoms with Gasteiger partial charge in [-0.2, -0.15) is 0 Å². The number of ether oxygens (including phenoxy) is 2. The van der Waals surface area contributed by atoms with Gasteiger partial charge in [-0.15, -0.1) is 0 Å². The first-order chi connectivity index (χ1) is 12.9. The zero-order valence-electron chi connectivity index (χ0n) is 16.5. The molecule has 1 atom stereocenters. The zero-order chi connectivity index (χ0) is 19.0. The number of benzene rings is 1. The van der Waals surface area contributed by atoms with Gasteiger partial charge < -0.3 is 14.4 Å². The summed E-state index contributed by atoms with van der Waals surface area (Å²) in [6.07, 6.45) is 2.48. The van der Waals surface area contributed by atoms with Gasteiger partial charge in [-0.3, -0.25) is 5.32 Å². The first-order valence-electron chi connectivity index (χ1n) is 9.67. The van der Waals surface area contributed by atoms with Crippen LogP contribution in [0.4, 0.5) is 5.13 Å². The highest BCUT2D eigenvalue weighted by atomic mass is 32.1. The highest BCUT2D eigenvalue weighted by Crippen LogP contribution is 2.35. The quantitative estimate of drug-likeness (QED) is 0.858. The summed E-state index contributed by atoms with van der Waals surface area (Å²) < 4.78 is 13.1. The molecule has 2 aliphatic heterocycles. The SMILES string of the molecule is CC(C)Oc1ccc2nc(NC3=NC[C@](C)(C4CCN(C)CC4)O3)sc2c1. The average Bonchev–Trinajstić information content (AvgIpc) is 3.18. The molecule has 1 saturated heterocycles. The Morgan fingerprint density at radius 3 is 2.85 bits per heavy atom. The molecule has 6 nitrogen and oxygen atoms in total. The Balaban J connectivity index is 1.42. The van der Waals surface area contributed by atoms with Gasteiger partial charge in [-0.1, -0.05) is 11.3 Å². The molecule has 2 aliphatic rings. The number of hydrogen-bond acceptors (Lipinski definition) is 7. The Hall–Kier alpha value is -1.86. The van der Waals surface area contributed by atoms with Crippen LogP contribution in [0.25, 0.3) is 10.2 Å². The van der Waals surface area contributed by atoms with E-state index in [9.17, 15) is 0 Å². The van der Waals surface area contributed by atoms with E-state index in [1.807, 2.05) is 32.0 Å². The molecule has 0 bridgehead atoms. The Labute approximate surface area is 164 Å². The number of nitrogens with one attached hydrogen (secondary N) is 1. The molecule has 0 saturated carbocycles. The van der Waals surface area contributed by atoms with Crippen molar-refractivity contribution in [2.75, 3.05) is 32.0 Å². The molecule has 1 N–H and O–H groups in total. The molecule has 7 heteroatoms. The Morgan fingerprint density at radius 1 is 1.33 bits per heavy atom. The van der Waals surface area contributed by atoms with Crippen molar-refractivity contribution in [3.63, 3.8) is 0 Å². The minimum atomic E-state index is -0.210. The molecule has 0 spiro atoms. The molecule has 0 unspecified atom stereocenters. The van der Waals surface area contributed by atoms with Gasteiger partial charge in [0.05, 0.1) is 22.9 Å². The molecule has 3 heterocycles. The van der Waals surface area contributed by atoms with Gasteiger partial charge in [0.25, 0.3) is 6.02 Å². The van der Waals surface area contributed by atoms with Crippen LogP contribution >= 0.6 is 11.3 Å². The summed E-state index contributed by atoms with van der Waals surface area (Å²) >= 11 is 1.59. The van der Waals surface area contributed by atoms with Crippen LogP contribution in [0.15, 0.2) is 23.2 Å². The Bertz CT molecular complexity index is 842. The van der Waals surface area contributed by atoms with Crippen LogP contribution in [0.5, 0.6) is 5.75 Å². The number of fused-ring (bicyclic) bond motifs is 1. The fourth-order valence-corrected chi connectivity index (χ4v) is 4.69. The maximum absolute atomic E-state index is 6.26. The number of thiazole rings is 1. The number of aliphatic imine (C=N–C) groups is 1. The number of anilines is 1. The van der Waals surface area contributed by atoms with Crippen molar-refractivity contribution in [3.8, 4) is 5.75 Å². The number of rotatable bonds is 4. The summed E-state index contributed by atoms with van der Waals surface area (Å²) in [5.74, 6) is 1.42. The lowest BCUT2D eigenvalue weighted by atomic mass is 9.82. The van der Waals surface area contributed by atoms with Gasteiger partial charge in [0.2, 0.25) is 0 Å². The topological polar surface area (TPSA) is 59.0 Å². The number of hydrogen-bond donors (Lipinski definition) is 1. The summed E-state index contributed by atoms with van der Waals surface area (Å²) in [7, 11) is 2.18. The third kappa shape index (κ3) is 4.04. The predicted molar refractivity (Wildman–Crippen MR) is 111 cm³/mol. The van der Waals surface area contributed by atoms with E-state index in [-0.39, 0.29) is 11.7 Å². The van der Waals surface area contributed by atoms with Crippen molar-refractivity contribution in [1.82, 2.24) is 9.88 Å². The molecule has 1 aromatic heterocycles. The highest BCUT2D eigenvalue weighted by Gasteiger charge is 2.42. The molecule has 0 amide bonds. The largest absolute Gasteiger partial charge is 0.491 e. The second-order valence-corrected chi connectivity index (χ2v) is 9.08. The first kappa shape index (κ1) is 18.5. The minimum absolute atomic E-state index is 0.159. The van der Waals surface area contributed by atoms with Crippen LogP contribution in [0.1, 0.15) is 33.6 Å². The first-order valence-corrected chi connectivity index (χ1v) is 10.5. The van der Waals surface area contributed by atoms with Crippen molar-refractivity contribution < 1.29 is 9.47 Å². The third-order valence-electron chi connectivity index (χ3n) is 5.39. The van der Waals surface area contributed by atoms with Gasteiger partial charge >= 0.3 is 0 Å². The lowest BCUT2D eigenvalue weighted by Gasteiger charge is -2.38. The van der Waals surface area contributed by atoms with Crippen LogP contribution in [-0.2, 0) is 4.74 Å². The second-order valence-electron chi connectivity index (χ2n) is 8.05. The maximum atomic E-state index is 6.26. The monoisotopic (exact) mass is 388 g/mol. The van der Waals surface area contributed by atoms with E-state index >= 15 is 0 Å². The number of aromatic nitrogens is 1. The number of piperidine rings is 1. The summed E-state index contributed by atoms with van der Waals surface area (Å²) in [4.78, 5) is 11.7. The molecule has 4 rings (SSSR count). The van der Waals surface area contributed by atoms with E-state index < -0.39 is 0 Å². The van der Waals surface area contributed by atoms with E-state index in [0.717, 1.165) is 47.0 Å². The fraction of sp³-hybridized carbons (Fsp3) is 0.600. The summed E-state index contributed by atoms with van der Waals surface area (Å²) in [5, 5.41) is 4.08. The minimum Gasteiger partial charge on any atom is -0.491 e. The van der Waals surface area contributed by atoms with Crippen molar-refractivity contribution in [1.29, 1.82) is 0 Å². The summed E-state index contributed by atoms with van der Waals surface area (Å²) in [6.45, 7) is 9.22. The van der Waals surface area contributed by atoms with E-state index in [1.165, 1.54) is 0 Å². The molecular weight excluding hydrogens is 360 g/mol. The third-order valence-corrected chi connectivity index (χ3v) is 6.33. The van der Waals surface area contributed by atoms with Crippen LogP contribution in [0, 0.1) is 5.92 Å². The lowest BCUT2D eigenvalue weighted by molar-refractivity contribution is 0.0109. The van der Waals surface area contributed by atoms with E-state index in [4.69, 9.17) is 9.47 Å². The lowest BCUT2D eigenvalue weighted by Crippen LogP contribution is -2.45. The molecule has 1 fully saturated rings. The van der Waals surface area contributed by atoms with Gasteiger partial charge in [-0.25, -0.2) is 9.98 Å². The molecule has 0 radical (unpaired) electrons. The number of likely N-dealkylation sites (tertiary alicyclic amines) is 1. The molecule has 2 aromatic rings. The summed E-state index contributed by atoms with van der Waals surface area (Å²) in [5.41, 5.74) is 0.744. The molecule has 0 aliphatic carbocycles. The summed E-state index contributed by atoms with van der Waals surface area (Å²) in [6, 6.07) is 6.59. The van der Waals surface area contributed by atoms with Gasteiger partial charge in [0, 0.05) is 5.92 Å². The molecular formula is C20H28N4O2S. The number of amidine groups is 1. The van der Waals surface area contributed by atoms with E-state index in [2.05, 4.69) is 34.2 Å². The van der Waals surface area contributed by atoms with Crippen LogP contribution in [0.2, 0.25) is 0 Å². The predicted octanol–water partition coefficient (Wildman–Crippen LogP) is 3.98. The van der Waals surface area contributed by atoms with Crippen LogP contribution in [0.3, 0.4) is 0 Å². The van der Waals surface area contributed by atoms with Gasteiger partial charge in [0.1, 0.15) is 11.4 Å². The molecule has 146 valence electrons. The van der Waals surface area contributed by atoms with E-state index in [0.29, 0.717) is 18.5 Å². The van der Waals surface area contributed by atoms with Gasteiger partial charge in [0.15, 0.2) is 5.13 Å². The zero-order valence-corrected chi connectivity index (χ0v) is 17.3. The second kappa shape index (κ2) is 7.28. The Kier molecular flexibility index (Phi) is 4.99. The van der Waals surface area contributed by atoms with Crippen LogP contribution < -0.4 is 10.1 Å². The standard InChI is InChI=1S/C20H28N4O2S/c1-13(2)25-15-5-6-16-17(11-15)27-19(22-16)23-18-21-12-20(3,26-18)14-7-9-24(4)10-8-14/h5-6,11,13-14H,7-10,12H2,1-4H3,(H,21,22,23)/t20-/m1/s1. The average molecular weight is 389 g/mol. The van der Waals surface area contributed by atoms with Crippen molar-refractivity contribution in [3.05, 3.63) is 18.2 Å². The van der Waals surface area contributed by atoms with Crippen LogP contribution in [-0.4, -0.2) is 54.3 Å².